The van der Waals surface area contributed by atoms with E-state index in [9.17, 15) is 5.26 Å². The highest BCUT2D eigenvalue weighted by Gasteiger charge is 2.43. The Balaban J connectivity index is 1.97. The first kappa shape index (κ1) is 10.4. The lowest BCUT2D eigenvalue weighted by Gasteiger charge is -2.33. The average Bonchev–Trinajstić information content (AvgIpc) is 2.80. The predicted octanol–water partition coefficient (Wildman–Crippen LogP) is 2.00. The standard InChI is InChI=1S/C12H9N3OS/c13-6-12(7-16-8-12)10-5-17-11(15-10)9-3-1-2-4-14-9/h1-5H,7-8H2. The molecule has 0 spiro atoms. The van der Waals surface area contributed by atoms with Crippen LogP contribution in [0.4, 0.5) is 0 Å². The van der Waals surface area contributed by atoms with Crippen LogP contribution in [0.5, 0.6) is 0 Å². The third kappa shape index (κ3) is 1.62. The van der Waals surface area contributed by atoms with Crippen molar-refractivity contribution in [3.63, 3.8) is 0 Å². The van der Waals surface area contributed by atoms with E-state index in [1.165, 1.54) is 11.3 Å². The summed E-state index contributed by atoms with van der Waals surface area (Å²) in [5.41, 5.74) is 1.11. The molecule has 0 atom stereocenters. The fourth-order valence-corrected chi connectivity index (χ4v) is 2.57. The lowest BCUT2D eigenvalue weighted by atomic mass is 9.85. The molecule has 0 bridgehead atoms. The molecule has 0 radical (unpaired) electrons. The summed E-state index contributed by atoms with van der Waals surface area (Å²) in [4.78, 5) is 8.75. The van der Waals surface area contributed by atoms with Gasteiger partial charge in [0.15, 0.2) is 0 Å². The zero-order valence-corrected chi connectivity index (χ0v) is 9.78. The Morgan fingerprint density at radius 1 is 1.41 bits per heavy atom. The first-order valence-electron chi connectivity index (χ1n) is 5.20. The summed E-state index contributed by atoms with van der Waals surface area (Å²) in [5.74, 6) is 0. The van der Waals surface area contributed by atoms with Crippen LogP contribution in [0.15, 0.2) is 29.8 Å². The smallest absolute Gasteiger partial charge is 0.146 e. The summed E-state index contributed by atoms with van der Waals surface area (Å²) >= 11 is 1.51. The van der Waals surface area contributed by atoms with Gasteiger partial charge in [-0.05, 0) is 12.1 Å². The SMILES string of the molecule is N#CC1(c2csc(-c3ccccn3)n2)COC1. The maximum Gasteiger partial charge on any atom is 0.146 e. The van der Waals surface area contributed by atoms with E-state index in [1.807, 2.05) is 23.6 Å². The number of aromatic nitrogens is 2. The molecule has 0 saturated carbocycles. The molecule has 2 aromatic rings. The van der Waals surface area contributed by atoms with Gasteiger partial charge in [-0.3, -0.25) is 4.98 Å². The molecule has 5 heteroatoms. The van der Waals surface area contributed by atoms with Crippen LogP contribution in [0.25, 0.3) is 10.7 Å². The average molecular weight is 243 g/mol. The van der Waals surface area contributed by atoms with E-state index in [4.69, 9.17) is 4.74 Å². The maximum atomic E-state index is 9.19. The molecule has 1 aliphatic rings. The second-order valence-corrected chi connectivity index (χ2v) is 4.80. The van der Waals surface area contributed by atoms with E-state index in [0.717, 1.165) is 16.4 Å². The van der Waals surface area contributed by atoms with E-state index in [2.05, 4.69) is 16.0 Å². The van der Waals surface area contributed by atoms with Crippen LogP contribution in [-0.2, 0) is 10.2 Å². The number of thiazole rings is 1. The quantitative estimate of drug-likeness (QED) is 0.809. The van der Waals surface area contributed by atoms with Gasteiger partial charge in [0.1, 0.15) is 10.4 Å². The highest BCUT2D eigenvalue weighted by Crippen LogP contribution is 2.34. The summed E-state index contributed by atoms with van der Waals surface area (Å²) in [6.07, 6.45) is 1.74. The number of nitriles is 1. The van der Waals surface area contributed by atoms with E-state index < -0.39 is 5.41 Å². The Morgan fingerprint density at radius 3 is 2.88 bits per heavy atom. The lowest BCUT2D eigenvalue weighted by Crippen LogP contribution is -2.45. The van der Waals surface area contributed by atoms with Crippen molar-refractivity contribution in [1.29, 1.82) is 5.26 Å². The van der Waals surface area contributed by atoms with Crippen molar-refractivity contribution in [3.8, 4) is 16.8 Å². The van der Waals surface area contributed by atoms with Crippen LogP contribution in [0.2, 0.25) is 0 Å². The molecule has 0 aromatic carbocycles. The van der Waals surface area contributed by atoms with Gasteiger partial charge in [0.2, 0.25) is 0 Å². The van der Waals surface area contributed by atoms with Crippen molar-refractivity contribution < 1.29 is 4.74 Å². The lowest BCUT2D eigenvalue weighted by molar-refractivity contribution is -0.0314. The fraction of sp³-hybridized carbons (Fsp3) is 0.250. The van der Waals surface area contributed by atoms with Gasteiger partial charge in [0.05, 0.1) is 30.7 Å². The minimum atomic E-state index is -0.538. The normalized spacial score (nSPS) is 17.1. The van der Waals surface area contributed by atoms with E-state index in [-0.39, 0.29) is 0 Å². The number of ether oxygens (including phenoxy) is 1. The van der Waals surface area contributed by atoms with Gasteiger partial charge < -0.3 is 4.74 Å². The summed E-state index contributed by atoms with van der Waals surface area (Å²) in [6, 6.07) is 8.01. The highest BCUT2D eigenvalue weighted by atomic mass is 32.1. The number of nitrogens with zero attached hydrogens (tertiary/aromatic N) is 3. The number of rotatable bonds is 2. The van der Waals surface area contributed by atoms with Crippen LogP contribution < -0.4 is 0 Å². The van der Waals surface area contributed by atoms with Gasteiger partial charge in [0, 0.05) is 11.6 Å². The van der Waals surface area contributed by atoms with Gasteiger partial charge in [-0.15, -0.1) is 11.3 Å². The van der Waals surface area contributed by atoms with E-state index >= 15 is 0 Å². The summed E-state index contributed by atoms with van der Waals surface area (Å²) in [7, 11) is 0. The highest BCUT2D eigenvalue weighted by molar-refractivity contribution is 7.13. The molecule has 0 amide bonds. The van der Waals surface area contributed by atoms with Gasteiger partial charge in [0.25, 0.3) is 0 Å². The molecule has 2 aromatic heterocycles. The molecule has 4 nitrogen and oxygen atoms in total. The molecule has 17 heavy (non-hydrogen) atoms. The van der Waals surface area contributed by atoms with Crippen molar-refractivity contribution in [1.82, 2.24) is 9.97 Å². The minimum Gasteiger partial charge on any atom is -0.377 e. The molecule has 0 unspecified atom stereocenters. The second kappa shape index (κ2) is 3.91. The zero-order chi connectivity index (χ0) is 11.7. The maximum absolute atomic E-state index is 9.19. The van der Waals surface area contributed by atoms with Crippen molar-refractivity contribution in [2.24, 2.45) is 0 Å². The first-order chi connectivity index (χ1) is 8.34. The predicted molar refractivity (Wildman–Crippen MR) is 63.5 cm³/mol. The van der Waals surface area contributed by atoms with E-state index in [1.54, 1.807) is 6.20 Å². The molecule has 0 N–H and O–H groups in total. The van der Waals surface area contributed by atoms with Crippen LogP contribution in [0.3, 0.4) is 0 Å². The number of hydrogen-bond acceptors (Lipinski definition) is 5. The zero-order valence-electron chi connectivity index (χ0n) is 8.96. The number of pyridine rings is 1. The molecular weight excluding hydrogens is 234 g/mol. The Hall–Kier alpha value is -1.77. The van der Waals surface area contributed by atoms with Crippen LogP contribution in [-0.4, -0.2) is 23.2 Å². The largest absolute Gasteiger partial charge is 0.377 e. The van der Waals surface area contributed by atoms with Gasteiger partial charge in [-0.2, -0.15) is 5.26 Å². The summed E-state index contributed by atoms with van der Waals surface area (Å²) in [5, 5.41) is 12.0. The molecule has 1 aliphatic heterocycles. The van der Waals surface area contributed by atoms with Crippen LogP contribution >= 0.6 is 11.3 Å². The van der Waals surface area contributed by atoms with Crippen molar-refractivity contribution in [3.05, 3.63) is 35.5 Å². The monoisotopic (exact) mass is 243 g/mol. The molecule has 1 fully saturated rings. The third-order valence-electron chi connectivity index (χ3n) is 2.79. The topological polar surface area (TPSA) is 58.8 Å². The first-order valence-corrected chi connectivity index (χ1v) is 6.08. The Kier molecular flexibility index (Phi) is 2.39. The molecule has 3 rings (SSSR count). The van der Waals surface area contributed by atoms with Crippen LogP contribution in [0, 0.1) is 11.3 Å². The van der Waals surface area contributed by atoms with Crippen molar-refractivity contribution in [2.75, 3.05) is 13.2 Å². The Labute approximate surface area is 103 Å². The fourth-order valence-electron chi connectivity index (χ4n) is 1.68. The Bertz CT molecular complexity index is 569. The van der Waals surface area contributed by atoms with Crippen LogP contribution in [0.1, 0.15) is 5.69 Å². The molecule has 3 heterocycles. The third-order valence-corrected chi connectivity index (χ3v) is 3.65. The van der Waals surface area contributed by atoms with Gasteiger partial charge in [-0.1, -0.05) is 6.07 Å². The Morgan fingerprint density at radius 2 is 2.29 bits per heavy atom. The van der Waals surface area contributed by atoms with Gasteiger partial charge >= 0.3 is 0 Å². The molecule has 0 aliphatic carbocycles. The molecule has 84 valence electrons. The molecule has 1 saturated heterocycles. The summed E-state index contributed by atoms with van der Waals surface area (Å²) < 4.78 is 5.13. The van der Waals surface area contributed by atoms with Gasteiger partial charge in [-0.25, -0.2) is 4.98 Å². The number of hydrogen-bond donors (Lipinski definition) is 0. The summed E-state index contributed by atoms with van der Waals surface area (Å²) in [6.45, 7) is 0.879. The second-order valence-electron chi connectivity index (χ2n) is 3.94. The van der Waals surface area contributed by atoms with Crippen molar-refractivity contribution in [2.45, 2.75) is 5.41 Å². The van der Waals surface area contributed by atoms with E-state index in [0.29, 0.717) is 13.2 Å². The molecular formula is C12H9N3OS. The minimum absolute atomic E-state index is 0.439. The van der Waals surface area contributed by atoms with Crippen molar-refractivity contribution >= 4 is 11.3 Å².